The number of hydrogen-bond donors (Lipinski definition) is 1. The highest BCUT2D eigenvalue weighted by Crippen LogP contribution is 2.29. The van der Waals surface area contributed by atoms with Crippen LogP contribution in [0.4, 0.5) is 4.39 Å². The minimum Gasteiger partial charge on any atom is -0.493 e. The van der Waals surface area contributed by atoms with Crippen LogP contribution in [0.5, 0.6) is 11.5 Å². The standard InChI is InChI=1S/C16H18FNO2/c1-19-15-7-6-11(9-16(15)20-2)8-14(18)12-4-3-5-13(17)10-12/h3-7,9-10,14H,8,18H2,1-2H3. The third-order valence-electron chi connectivity index (χ3n) is 3.18. The summed E-state index contributed by atoms with van der Waals surface area (Å²) in [5, 5.41) is 0. The maximum absolute atomic E-state index is 13.2. The molecule has 2 rings (SSSR count). The van der Waals surface area contributed by atoms with Crippen molar-refractivity contribution >= 4 is 0 Å². The fraction of sp³-hybridized carbons (Fsp3) is 0.250. The Kier molecular flexibility index (Phi) is 4.58. The van der Waals surface area contributed by atoms with Crippen LogP contribution in [-0.2, 0) is 6.42 Å². The number of halogens is 1. The van der Waals surface area contributed by atoms with E-state index in [0.29, 0.717) is 17.9 Å². The first-order valence-electron chi connectivity index (χ1n) is 6.36. The highest BCUT2D eigenvalue weighted by molar-refractivity contribution is 5.43. The summed E-state index contributed by atoms with van der Waals surface area (Å²) in [6.45, 7) is 0. The van der Waals surface area contributed by atoms with Crippen LogP contribution in [0.25, 0.3) is 0 Å². The molecule has 0 aliphatic carbocycles. The second kappa shape index (κ2) is 6.39. The molecule has 0 saturated heterocycles. The van der Waals surface area contributed by atoms with Gasteiger partial charge >= 0.3 is 0 Å². The number of hydrogen-bond acceptors (Lipinski definition) is 3. The van der Waals surface area contributed by atoms with Crippen LogP contribution in [0.2, 0.25) is 0 Å². The van der Waals surface area contributed by atoms with Crippen LogP contribution < -0.4 is 15.2 Å². The van der Waals surface area contributed by atoms with Gasteiger partial charge in [-0.15, -0.1) is 0 Å². The predicted molar refractivity (Wildman–Crippen MR) is 76.6 cm³/mol. The van der Waals surface area contributed by atoms with Crippen LogP contribution in [0, 0.1) is 5.82 Å². The molecular weight excluding hydrogens is 257 g/mol. The van der Waals surface area contributed by atoms with E-state index >= 15 is 0 Å². The van der Waals surface area contributed by atoms with Crippen LogP contribution in [0.1, 0.15) is 17.2 Å². The lowest BCUT2D eigenvalue weighted by Gasteiger charge is -2.14. The zero-order chi connectivity index (χ0) is 14.5. The van der Waals surface area contributed by atoms with Crippen molar-refractivity contribution in [3.05, 3.63) is 59.4 Å². The normalized spacial score (nSPS) is 12.0. The van der Waals surface area contributed by atoms with Crippen LogP contribution in [-0.4, -0.2) is 14.2 Å². The molecule has 20 heavy (non-hydrogen) atoms. The van der Waals surface area contributed by atoms with Gasteiger partial charge in [-0.05, 0) is 41.8 Å². The molecule has 3 nitrogen and oxygen atoms in total. The third-order valence-corrected chi connectivity index (χ3v) is 3.18. The summed E-state index contributed by atoms with van der Waals surface area (Å²) in [5.74, 6) is 1.07. The first kappa shape index (κ1) is 14.3. The summed E-state index contributed by atoms with van der Waals surface area (Å²) in [6.07, 6.45) is 0.601. The van der Waals surface area contributed by atoms with Gasteiger partial charge in [0.2, 0.25) is 0 Å². The minimum atomic E-state index is -0.273. The summed E-state index contributed by atoms with van der Waals surface area (Å²) in [6, 6.07) is 11.8. The zero-order valence-corrected chi connectivity index (χ0v) is 11.6. The summed E-state index contributed by atoms with van der Waals surface area (Å²) in [7, 11) is 3.18. The van der Waals surface area contributed by atoms with Gasteiger partial charge in [0, 0.05) is 6.04 Å². The first-order valence-corrected chi connectivity index (χ1v) is 6.36. The second-order valence-corrected chi connectivity index (χ2v) is 4.55. The number of rotatable bonds is 5. The molecule has 0 heterocycles. The van der Waals surface area contributed by atoms with Crippen molar-refractivity contribution in [2.75, 3.05) is 14.2 Å². The van der Waals surface area contributed by atoms with E-state index in [1.165, 1.54) is 12.1 Å². The van der Waals surface area contributed by atoms with Gasteiger partial charge in [-0.2, -0.15) is 0 Å². The Morgan fingerprint density at radius 2 is 1.80 bits per heavy atom. The predicted octanol–water partition coefficient (Wildman–Crippen LogP) is 3.09. The molecule has 1 atom stereocenters. The molecule has 0 saturated carbocycles. The number of nitrogens with two attached hydrogens (primary N) is 1. The van der Waals surface area contributed by atoms with Crippen molar-refractivity contribution in [3.63, 3.8) is 0 Å². The smallest absolute Gasteiger partial charge is 0.160 e. The van der Waals surface area contributed by atoms with Crippen LogP contribution >= 0.6 is 0 Å². The fourth-order valence-electron chi connectivity index (χ4n) is 2.12. The maximum atomic E-state index is 13.2. The molecular formula is C16H18FNO2. The van der Waals surface area contributed by atoms with Gasteiger partial charge in [0.05, 0.1) is 14.2 Å². The minimum absolute atomic E-state index is 0.260. The largest absolute Gasteiger partial charge is 0.493 e. The molecule has 1 unspecified atom stereocenters. The Morgan fingerprint density at radius 3 is 2.45 bits per heavy atom. The van der Waals surface area contributed by atoms with E-state index in [1.54, 1.807) is 20.3 Å². The Balaban J connectivity index is 2.17. The lowest BCUT2D eigenvalue weighted by Crippen LogP contribution is -2.13. The number of ether oxygens (including phenoxy) is 2. The van der Waals surface area contributed by atoms with Crippen molar-refractivity contribution in [1.82, 2.24) is 0 Å². The summed E-state index contributed by atoms with van der Waals surface area (Å²) >= 11 is 0. The lowest BCUT2D eigenvalue weighted by atomic mass is 9.99. The first-order chi connectivity index (χ1) is 9.63. The summed E-state index contributed by atoms with van der Waals surface area (Å²) in [4.78, 5) is 0. The van der Waals surface area contributed by atoms with Gasteiger partial charge in [0.25, 0.3) is 0 Å². The van der Waals surface area contributed by atoms with Crippen LogP contribution in [0.3, 0.4) is 0 Å². The molecule has 4 heteroatoms. The van der Waals surface area contributed by atoms with Crippen molar-refractivity contribution in [3.8, 4) is 11.5 Å². The van der Waals surface area contributed by atoms with Crippen molar-refractivity contribution in [1.29, 1.82) is 0 Å². The average molecular weight is 275 g/mol. The van der Waals surface area contributed by atoms with Crippen molar-refractivity contribution < 1.29 is 13.9 Å². The fourth-order valence-corrected chi connectivity index (χ4v) is 2.12. The highest BCUT2D eigenvalue weighted by Gasteiger charge is 2.10. The SMILES string of the molecule is COc1ccc(CC(N)c2cccc(F)c2)cc1OC. The molecule has 2 aromatic carbocycles. The third kappa shape index (κ3) is 3.27. The van der Waals surface area contributed by atoms with Crippen molar-refractivity contribution in [2.24, 2.45) is 5.73 Å². The maximum Gasteiger partial charge on any atom is 0.160 e. The summed E-state index contributed by atoms with van der Waals surface area (Å²) in [5.41, 5.74) is 7.91. The molecule has 2 aromatic rings. The van der Waals surface area contributed by atoms with E-state index in [9.17, 15) is 4.39 Å². The van der Waals surface area contributed by atoms with Gasteiger partial charge < -0.3 is 15.2 Å². The van der Waals surface area contributed by atoms with E-state index < -0.39 is 0 Å². The molecule has 106 valence electrons. The van der Waals surface area contributed by atoms with Gasteiger partial charge in [-0.3, -0.25) is 0 Å². The lowest BCUT2D eigenvalue weighted by molar-refractivity contribution is 0.354. The molecule has 0 aromatic heterocycles. The molecule has 0 radical (unpaired) electrons. The quantitative estimate of drug-likeness (QED) is 0.912. The van der Waals surface area contributed by atoms with Gasteiger partial charge in [0.1, 0.15) is 5.82 Å². The molecule has 0 amide bonds. The monoisotopic (exact) mass is 275 g/mol. The topological polar surface area (TPSA) is 44.5 Å². The van der Waals surface area contributed by atoms with Gasteiger partial charge in [-0.25, -0.2) is 4.39 Å². The molecule has 0 bridgehead atoms. The van der Waals surface area contributed by atoms with E-state index in [4.69, 9.17) is 15.2 Å². The van der Waals surface area contributed by atoms with E-state index in [2.05, 4.69) is 0 Å². The highest BCUT2D eigenvalue weighted by atomic mass is 19.1. The van der Waals surface area contributed by atoms with Crippen molar-refractivity contribution in [2.45, 2.75) is 12.5 Å². The van der Waals surface area contributed by atoms with Crippen LogP contribution in [0.15, 0.2) is 42.5 Å². The average Bonchev–Trinajstić information content (AvgIpc) is 2.47. The Labute approximate surface area is 118 Å². The molecule has 0 spiro atoms. The van der Waals surface area contributed by atoms with E-state index in [-0.39, 0.29) is 11.9 Å². The van der Waals surface area contributed by atoms with Gasteiger partial charge in [0.15, 0.2) is 11.5 Å². The second-order valence-electron chi connectivity index (χ2n) is 4.55. The molecule has 2 N–H and O–H groups in total. The van der Waals surface area contributed by atoms with Gasteiger partial charge in [-0.1, -0.05) is 18.2 Å². The summed E-state index contributed by atoms with van der Waals surface area (Å²) < 4.78 is 23.6. The Bertz CT molecular complexity index is 586. The van der Waals surface area contributed by atoms with E-state index in [1.807, 2.05) is 24.3 Å². The molecule has 0 fully saturated rings. The Hall–Kier alpha value is -2.07. The molecule has 0 aliphatic heterocycles. The molecule has 0 aliphatic rings. The number of methoxy groups -OCH3 is 2. The van der Waals surface area contributed by atoms with E-state index in [0.717, 1.165) is 11.1 Å². The Morgan fingerprint density at radius 1 is 1.05 bits per heavy atom. The number of benzene rings is 2. The zero-order valence-electron chi connectivity index (χ0n) is 11.6.